The fourth-order valence-electron chi connectivity index (χ4n) is 4.26. The van der Waals surface area contributed by atoms with Gasteiger partial charge in [0.15, 0.2) is 0 Å². The van der Waals surface area contributed by atoms with Gasteiger partial charge in [-0.1, -0.05) is 30.7 Å². The zero-order valence-corrected chi connectivity index (χ0v) is 15.9. The van der Waals surface area contributed by atoms with Gasteiger partial charge in [0.05, 0.1) is 12.3 Å². The van der Waals surface area contributed by atoms with E-state index in [0.717, 1.165) is 37.1 Å². The number of hydrogen-bond donors (Lipinski definition) is 2. The van der Waals surface area contributed by atoms with Crippen LogP contribution in [0.4, 0.5) is 4.79 Å². The standard InChI is InChI=1S/C22H29N3O2/c26-22(24-20-9-6-10-21-19(20)11-14-27-21)23-15-17-7-2-3-8-18(17)16-25-12-4-1-5-13-25/h2-3,7-8,11,14,20H,1,4-6,9-10,12-13,15-16H2,(H2,23,24,26). The van der Waals surface area contributed by atoms with Gasteiger partial charge >= 0.3 is 6.03 Å². The number of nitrogens with one attached hydrogen (secondary N) is 2. The number of carbonyl (C=O) groups excluding carboxylic acids is 1. The minimum Gasteiger partial charge on any atom is -0.469 e. The highest BCUT2D eigenvalue weighted by Crippen LogP contribution is 2.30. The summed E-state index contributed by atoms with van der Waals surface area (Å²) in [5.41, 5.74) is 3.64. The topological polar surface area (TPSA) is 57.5 Å². The number of amides is 2. The van der Waals surface area contributed by atoms with Gasteiger partial charge in [-0.3, -0.25) is 4.90 Å². The zero-order valence-electron chi connectivity index (χ0n) is 15.9. The number of benzene rings is 1. The van der Waals surface area contributed by atoms with Gasteiger partial charge in [-0.15, -0.1) is 0 Å². The molecule has 2 heterocycles. The second-order valence-corrected chi connectivity index (χ2v) is 7.68. The predicted octanol–water partition coefficient (Wildman–Crippen LogP) is 4.14. The molecule has 1 aliphatic heterocycles. The van der Waals surface area contributed by atoms with E-state index in [9.17, 15) is 4.79 Å². The van der Waals surface area contributed by atoms with Gasteiger partial charge < -0.3 is 15.1 Å². The molecular formula is C22H29N3O2. The maximum atomic E-state index is 12.5. The molecule has 5 heteroatoms. The highest BCUT2D eigenvalue weighted by Gasteiger charge is 2.24. The van der Waals surface area contributed by atoms with Crippen LogP contribution in [0.2, 0.25) is 0 Å². The predicted molar refractivity (Wildman–Crippen MR) is 105 cm³/mol. The summed E-state index contributed by atoms with van der Waals surface area (Å²) in [6.45, 7) is 3.88. The van der Waals surface area contributed by atoms with Crippen molar-refractivity contribution in [2.45, 2.75) is 57.7 Å². The third-order valence-corrected chi connectivity index (χ3v) is 5.76. The van der Waals surface area contributed by atoms with Gasteiger partial charge in [-0.05, 0) is 56.0 Å². The summed E-state index contributed by atoms with van der Waals surface area (Å²) >= 11 is 0. The molecule has 2 aromatic rings. The number of likely N-dealkylation sites (tertiary alicyclic amines) is 1. The monoisotopic (exact) mass is 367 g/mol. The molecule has 5 nitrogen and oxygen atoms in total. The van der Waals surface area contributed by atoms with E-state index in [1.54, 1.807) is 6.26 Å². The first-order valence-electron chi connectivity index (χ1n) is 10.2. The van der Waals surface area contributed by atoms with Gasteiger partial charge in [0.1, 0.15) is 5.76 Å². The Labute approximate surface area is 161 Å². The van der Waals surface area contributed by atoms with E-state index in [-0.39, 0.29) is 12.1 Å². The number of urea groups is 1. The molecule has 2 N–H and O–H groups in total. The molecule has 1 aliphatic carbocycles. The Morgan fingerprint density at radius 1 is 1.07 bits per heavy atom. The number of furan rings is 1. The molecule has 0 bridgehead atoms. The SMILES string of the molecule is O=C(NCc1ccccc1CN1CCCCC1)NC1CCCc2occc21. The van der Waals surface area contributed by atoms with Gasteiger partial charge in [0.25, 0.3) is 0 Å². The Bertz CT molecular complexity index is 764. The first kappa shape index (κ1) is 18.1. The van der Waals surface area contributed by atoms with Crippen LogP contribution in [0.3, 0.4) is 0 Å². The van der Waals surface area contributed by atoms with Crippen LogP contribution >= 0.6 is 0 Å². The Balaban J connectivity index is 1.33. The minimum atomic E-state index is -0.109. The van der Waals surface area contributed by atoms with Crippen LogP contribution in [0.1, 0.15) is 60.6 Å². The van der Waals surface area contributed by atoms with Crippen molar-refractivity contribution in [2.24, 2.45) is 0 Å². The first-order valence-corrected chi connectivity index (χ1v) is 10.2. The number of carbonyl (C=O) groups is 1. The van der Waals surface area contributed by atoms with E-state index in [1.807, 2.05) is 12.1 Å². The summed E-state index contributed by atoms with van der Waals surface area (Å²) in [5, 5.41) is 6.16. The summed E-state index contributed by atoms with van der Waals surface area (Å²) in [4.78, 5) is 15.0. The van der Waals surface area contributed by atoms with E-state index >= 15 is 0 Å². The summed E-state index contributed by atoms with van der Waals surface area (Å²) in [6.07, 6.45) is 8.63. The van der Waals surface area contributed by atoms with Crippen LogP contribution in [0.15, 0.2) is 41.0 Å². The first-order chi connectivity index (χ1) is 13.3. The van der Waals surface area contributed by atoms with E-state index < -0.39 is 0 Å². The van der Waals surface area contributed by atoms with Crippen molar-refractivity contribution in [2.75, 3.05) is 13.1 Å². The van der Waals surface area contributed by atoms with Crippen LogP contribution in [0.25, 0.3) is 0 Å². The van der Waals surface area contributed by atoms with Gasteiger partial charge in [-0.2, -0.15) is 0 Å². The maximum absolute atomic E-state index is 12.5. The van der Waals surface area contributed by atoms with Gasteiger partial charge in [0.2, 0.25) is 0 Å². The number of rotatable bonds is 5. The average Bonchev–Trinajstić information content (AvgIpc) is 3.18. The quantitative estimate of drug-likeness (QED) is 0.835. The highest BCUT2D eigenvalue weighted by atomic mass is 16.3. The van der Waals surface area contributed by atoms with E-state index in [4.69, 9.17) is 4.42 Å². The molecular weight excluding hydrogens is 338 g/mol. The van der Waals surface area contributed by atoms with Crippen molar-refractivity contribution < 1.29 is 9.21 Å². The fraction of sp³-hybridized carbons (Fsp3) is 0.500. The second-order valence-electron chi connectivity index (χ2n) is 7.68. The molecule has 0 spiro atoms. The lowest BCUT2D eigenvalue weighted by atomic mass is 9.93. The molecule has 2 amide bonds. The molecule has 1 unspecified atom stereocenters. The van der Waals surface area contributed by atoms with Crippen molar-refractivity contribution in [1.82, 2.24) is 15.5 Å². The largest absolute Gasteiger partial charge is 0.469 e. The van der Waals surface area contributed by atoms with Crippen molar-refractivity contribution in [3.63, 3.8) is 0 Å². The number of aryl methyl sites for hydroxylation is 1. The lowest BCUT2D eigenvalue weighted by molar-refractivity contribution is 0.220. The molecule has 144 valence electrons. The number of piperidine rings is 1. The minimum absolute atomic E-state index is 0.0519. The van der Waals surface area contributed by atoms with E-state index in [1.165, 1.54) is 43.5 Å². The molecule has 1 saturated heterocycles. The third-order valence-electron chi connectivity index (χ3n) is 5.76. The normalized spacial score (nSPS) is 20.1. The van der Waals surface area contributed by atoms with Crippen molar-refractivity contribution in [3.8, 4) is 0 Å². The van der Waals surface area contributed by atoms with Crippen LogP contribution in [-0.2, 0) is 19.5 Å². The molecule has 1 fully saturated rings. The molecule has 1 aromatic carbocycles. The zero-order chi connectivity index (χ0) is 18.5. The third kappa shape index (κ3) is 4.53. The van der Waals surface area contributed by atoms with Crippen LogP contribution < -0.4 is 10.6 Å². The van der Waals surface area contributed by atoms with Crippen molar-refractivity contribution in [1.29, 1.82) is 0 Å². The molecule has 0 radical (unpaired) electrons. The van der Waals surface area contributed by atoms with Crippen LogP contribution in [0, 0.1) is 0 Å². The summed E-state index contributed by atoms with van der Waals surface area (Å²) < 4.78 is 5.51. The Hall–Kier alpha value is -2.27. The smallest absolute Gasteiger partial charge is 0.315 e. The van der Waals surface area contributed by atoms with Crippen LogP contribution in [-0.4, -0.2) is 24.0 Å². The van der Waals surface area contributed by atoms with E-state index in [0.29, 0.717) is 6.54 Å². The Morgan fingerprint density at radius 3 is 2.74 bits per heavy atom. The molecule has 27 heavy (non-hydrogen) atoms. The average molecular weight is 367 g/mol. The number of fused-ring (bicyclic) bond motifs is 1. The van der Waals surface area contributed by atoms with Gasteiger partial charge in [0, 0.05) is 25.1 Å². The second kappa shape index (κ2) is 8.61. The molecule has 4 rings (SSSR count). The summed E-state index contributed by atoms with van der Waals surface area (Å²) in [6, 6.07) is 10.4. The van der Waals surface area contributed by atoms with E-state index in [2.05, 4.69) is 33.7 Å². The number of nitrogens with zero attached hydrogens (tertiary/aromatic N) is 1. The molecule has 0 saturated carbocycles. The molecule has 1 aromatic heterocycles. The lowest BCUT2D eigenvalue weighted by Crippen LogP contribution is -2.38. The van der Waals surface area contributed by atoms with Crippen molar-refractivity contribution in [3.05, 3.63) is 59.0 Å². The highest BCUT2D eigenvalue weighted by molar-refractivity contribution is 5.74. The Morgan fingerprint density at radius 2 is 1.89 bits per heavy atom. The Kier molecular flexibility index (Phi) is 5.78. The lowest BCUT2D eigenvalue weighted by Gasteiger charge is -2.27. The van der Waals surface area contributed by atoms with Crippen LogP contribution in [0.5, 0.6) is 0 Å². The fourth-order valence-corrected chi connectivity index (χ4v) is 4.26. The van der Waals surface area contributed by atoms with Crippen molar-refractivity contribution >= 4 is 6.03 Å². The van der Waals surface area contributed by atoms with Gasteiger partial charge in [-0.25, -0.2) is 4.79 Å². The molecule has 2 aliphatic rings. The summed E-state index contributed by atoms with van der Waals surface area (Å²) in [7, 11) is 0. The molecule has 1 atom stereocenters. The number of hydrogen-bond acceptors (Lipinski definition) is 3. The summed E-state index contributed by atoms with van der Waals surface area (Å²) in [5.74, 6) is 1.01. The maximum Gasteiger partial charge on any atom is 0.315 e.